The lowest BCUT2D eigenvalue weighted by atomic mass is 10.2. The van der Waals surface area contributed by atoms with Gasteiger partial charge in [0.05, 0.1) is 12.8 Å². The summed E-state index contributed by atoms with van der Waals surface area (Å²) in [6.07, 6.45) is 1.56. The van der Waals surface area contributed by atoms with Crippen molar-refractivity contribution in [1.82, 2.24) is 5.43 Å². The molecule has 3 N–H and O–H groups in total. The van der Waals surface area contributed by atoms with Gasteiger partial charge in [0, 0.05) is 16.1 Å². The normalized spacial score (nSPS) is 10.8. The minimum absolute atomic E-state index is 0.308. The summed E-state index contributed by atoms with van der Waals surface area (Å²) < 4.78 is 11.5. The first-order valence-electron chi connectivity index (χ1n) is 8.76. The quantitative estimate of drug-likeness (QED) is 0.342. The van der Waals surface area contributed by atoms with Crippen LogP contribution in [0.15, 0.2) is 65.1 Å². The van der Waals surface area contributed by atoms with Gasteiger partial charge in [-0.05, 0) is 66.4 Å². The van der Waals surface area contributed by atoms with E-state index in [9.17, 15) is 4.79 Å². The molecule has 7 heteroatoms. The summed E-state index contributed by atoms with van der Waals surface area (Å²) in [6.45, 7) is 2.92. The first-order valence-corrected chi connectivity index (χ1v) is 9.64. The zero-order valence-corrected chi connectivity index (χ0v) is 16.2. The number of carbonyl (C=O) groups excluding carboxylic acids is 1. The molecule has 0 radical (unpaired) electrons. The minimum atomic E-state index is -0.308. The molecule has 3 aromatic rings. The van der Waals surface area contributed by atoms with Gasteiger partial charge in [-0.25, -0.2) is 5.43 Å². The maximum atomic E-state index is 12.1. The third-order valence-corrected chi connectivity index (χ3v) is 4.62. The molecule has 28 heavy (non-hydrogen) atoms. The summed E-state index contributed by atoms with van der Waals surface area (Å²) in [6, 6.07) is 16.2. The second kappa shape index (κ2) is 9.57. The second-order valence-electron chi connectivity index (χ2n) is 5.83. The van der Waals surface area contributed by atoms with Gasteiger partial charge in [-0.2, -0.15) is 5.10 Å². The first kappa shape index (κ1) is 19.4. The fourth-order valence-corrected chi connectivity index (χ4v) is 3.02. The van der Waals surface area contributed by atoms with E-state index in [1.807, 2.05) is 42.6 Å². The van der Waals surface area contributed by atoms with Gasteiger partial charge in [0.15, 0.2) is 11.5 Å². The van der Waals surface area contributed by atoms with Crippen LogP contribution in [0.25, 0.3) is 0 Å². The predicted octanol–water partition coefficient (Wildman–Crippen LogP) is 4.07. The number of nitrogens with two attached hydrogens (primary N) is 1. The Hall–Kier alpha value is -3.32. The molecule has 6 nitrogen and oxygen atoms in total. The van der Waals surface area contributed by atoms with Gasteiger partial charge in [-0.15, -0.1) is 11.3 Å². The topological polar surface area (TPSA) is 85.9 Å². The van der Waals surface area contributed by atoms with Gasteiger partial charge in [0.25, 0.3) is 5.91 Å². The number of nitrogens with one attached hydrogen (secondary N) is 1. The van der Waals surface area contributed by atoms with Crippen LogP contribution in [0.2, 0.25) is 0 Å². The number of nitrogens with zero attached hydrogens (tertiary/aromatic N) is 1. The van der Waals surface area contributed by atoms with E-state index < -0.39 is 0 Å². The zero-order valence-electron chi connectivity index (χ0n) is 15.4. The van der Waals surface area contributed by atoms with Gasteiger partial charge in [-0.3, -0.25) is 4.79 Å². The molecule has 0 atom stereocenters. The molecule has 0 aliphatic carbocycles. The van der Waals surface area contributed by atoms with Crippen molar-refractivity contribution in [3.8, 4) is 11.5 Å². The highest BCUT2D eigenvalue weighted by atomic mass is 32.1. The smallest absolute Gasteiger partial charge is 0.271 e. The lowest BCUT2D eigenvalue weighted by Crippen LogP contribution is -2.17. The van der Waals surface area contributed by atoms with Crippen LogP contribution in [-0.4, -0.2) is 18.7 Å². The van der Waals surface area contributed by atoms with Gasteiger partial charge in [0.1, 0.15) is 6.61 Å². The SMILES string of the molecule is CCOc1cc(/C=N\NC(=O)c2ccc(N)cc2)ccc1OCc1cccs1. The Morgan fingerprint density at radius 2 is 1.96 bits per heavy atom. The number of rotatable bonds is 8. The third kappa shape index (κ3) is 5.34. The molecule has 0 bridgehead atoms. The van der Waals surface area contributed by atoms with Crippen molar-refractivity contribution >= 4 is 29.1 Å². The van der Waals surface area contributed by atoms with Crippen LogP contribution < -0.4 is 20.6 Å². The Bertz CT molecular complexity index is 938. The summed E-state index contributed by atoms with van der Waals surface area (Å²) in [5.41, 5.74) is 9.98. The standard InChI is InChI=1S/C21H21N3O3S/c1-2-26-20-12-15(5-10-19(20)27-14-18-4-3-11-28-18)13-23-24-21(25)16-6-8-17(22)9-7-16/h3-13H,2,14,22H2,1H3,(H,24,25)/b23-13-. The van der Waals surface area contributed by atoms with Crippen LogP contribution in [0.1, 0.15) is 27.7 Å². The van der Waals surface area contributed by atoms with E-state index in [2.05, 4.69) is 10.5 Å². The average molecular weight is 395 g/mol. The highest BCUT2D eigenvalue weighted by Gasteiger charge is 2.07. The fourth-order valence-electron chi connectivity index (χ4n) is 2.40. The van der Waals surface area contributed by atoms with Crippen molar-refractivity contribution in [3.05, 3.63) is 76.0 Å². The van der Waals surface area contributed by atoms with Crippen molar-refractivity contribution < 1.29 is 14.3 Å². The van der Waals surface area contributed by atoms with Gasteiger partial charge >= 0.3 is 0 Å². The van der Waals surface area contributed by atoms with E-state index >= 15 is 0 Å². The van der Waals surface area contributed by atoms with Crippen molar-refractivity contribution in [2.45, 2.75) is 13.5 Å². The summed E-state index contributed by atoms with van der Waals surface area (Å²) in [5, 5.41) is 6.02. The largest absolute Gasteiger partial charge is 0.490 e. The number of ether oxygens (including phenoxy) is 2. The van der Waals surface area contributed by atoms with Crippen LogP contribution in [-0.2, 0) is 6.61 Å². The molecule has 2 aromatic carbocycles. The number of anilines is 1. The van der Waals surface area contributed by atoms with E-state index in [1.54, 1.807) is 41.8 Å². The summed E-state index contributed by atoms with van der Waals surface area (Å²) in [5.74, 6) is 0.989. The lowest BCUT2D eigenvalue weighted by Gasteiger charge is -2.12. The van der Waals surface area contributed by atoms with E-state index in [4.69, 9.17) is 15.2 Å². The molecule has 0 aliphatic rings. The van der Waals surface area contributed by atoms with E-state index in [0.717, 1.165) is 10.4 Å². The Morgan fingerprint density at radius 3 is 2.68 bits per heavy atom. The molecule has 0 spiro atoms. The summed E-state index contributed by atoms with van der Waals surface area (Å²) >= 11 is 1.64. The van der Waals surface area contributed by atoms with Crippen LogP contribution in [0.5, 0.6) is 11.5 Å². The Labute approximate surface area is 167 Å². The fraction of sp³-hybridized carbons (Fsp3) is 0.143. The van der Waals surface area contributed by atoms with Gasteiger partial charge < -0.3 is 15.2 Å². The number of thiophene rings is 1. The van der Waals surface area contributed by atoms with Gasteiger partial charge in [-0.1, -0.05) is 6.07 Å². The molecule has 3 rings (SSSR count). The number of hydrazone groups is 1. The molecule has 144 valence electrons. The maximum Gasteiger partial charge on any atom is 0.271 e. The second-order valence-corrected chi connectivity index (χ2v) is 6.86. The molecule has 0 unspecified atom stereocenters. The average Bonchev–Trinajstić information content (AvgIpc) is 3.22. The zero-order chi connectivity index (χ0) is 19.8. The molecule has 0 aliphatic heterocycles. The number of benzene rings is 2. The van der Waals surface area contributed by atoms with Gasteiger partial charge in [0.2, 0.25) is 0 Å². The molecule has 1 heterocycles. The molecule has 1 amide bonds. The lowest BCUT2D eigenvalue weighted by molar-refractivity contribution is 0.0955. The van der Waals surface area contributed by atoms with Crippen LogP contribution in [0, 0.1) is 0 Å². The number of hydrogen-bond donors (Lipinski definition) is 2. The minimum Gasteiger partial charge on any atom is -0.490 e. The third-order valence-electron chi connectivity index (χ3n) is 3.77. The molecule has 1 aromatic heterocycles. The Kier molecular flexibility index (Phi) is 6.64. The maximum absolute atomic E-state index is 12.1. The summed E-state index contributed by atoms with van der Waals surface area (Å²) in [7, 11) is 0. The molecule has 0 saturated carbocycles. The molecular formula is C21H21N3O3S. The molecule has 0 saturated heterocycles. The van der Waals surface area contributed by atoms with Crippen LogP contribution in [0.3, 0.4) is 0 Å². The van der Waals surface area contributed by atoms with Crippen molar-refractivity contribution in [2.75, 3.05) is 12.3 Å². The van der Waals surface area contributed by atoms with Crippen LogP contribution in [0.4, 0.5) is 5.69 Å². The highest BCUT2D eigenvalue weighted by molar-refractivity contribution is 7.09. The van der Waals surface area contributed by atoms with Crippen molar-refractivity contribution in [1.29, 1.82) is 0 Å². The number of hydrogen-bond acceptors (Lipinski definition) is 6. The first-order chi connectivity index (χ1) is 13.7. The Balaban J connectivity index is 1.64. The van der Waals surface area contributed by atoms with E-state index in [0.29, 0.717) is 36.0 Å². The molecular weight excluding hydrogens is 374 g/mol. The summed E-state index contributed by atoms with van der Waals surface area (Å²) in [4.78, 5) is 13.2. The number of nitrogen functional groups attached to an aromatic ring is 1. The van der Waals surface area contributed by atoms with E-state index in [1.165, 1.54) is 0 Å². The van der Waals surface area contributed by atoms with Crippen molar-refractivity contribution in [3.63, 3.8) is 0 Å². The number of carbonyl (C=O) groups is 1. The molecule has 0 fully saturated rings. The highest BCUT2D eigenvalue weighted by Crippen LogP contribution is 2.29. The van der Waals surface area contributed by atoms with Crippen LogP contribution >= 0.6 is 11.3 Å². The van der Waals surface area contributed by atoms with Crippen molar-refractivity contribution in [2.24, 2.45) is 5.10 Å². The number of amides is 1. The van der Waals surface area contributed by atoms with E-state index in [-0.39, 0.29) is 5.91 Å². The predicted molar refractivity (Wildman–Crippen MR) is 112 cm³/mol. The Morgan fingerprint density at radius 1 is 1.14 bits per heavy atom. The monoisotopic (exact) mass is 395 g/mol.